The van der Waals surface area contributed by atoms with Crippen molar-refractivity contribution in [1.82, 2.24) is 9.03 Å². The van der Waals surface area contributed by atoms with Crippen molar-refractivity contribution in [3.8, 4) is 6.07 Å². The fourth-order valence-corrected chi connectivity index (χ4v) is 2.25. The highest BCUT2D eigenvalue weighted by atomic mass is 32.2. The van der Waals surface area contributed by atoms with E-state index in [9.17, 15) is 21.6 Å². The molecule has 1 aromatic rings. The highest BCUT2D eigenvalue weighted by molar-refractivity contribution is 7.87. The number of nitrogens with zero attached hydrogens (tertiary/aromatic N) is 2. The summed E-state index contributed by atoms with van der Waals surface area (Å²) in [4.78, 5) is 0. The molecular formula is C11H12F3N3O2S. The minimum atomic E-state index is -4.62. The van der Waals surface area contributed by atoms with Crippen molar-refractivity contribution in [3.63, 3.8) is 0 Å². The van der Waals surface area contributed by atoms with Gasteiger partial charge in [-0.1, -0.05) is 12.1 Å². The molecule has 0 amide bonds. The highest BCUT2D eigenvalue weighted by Gasteiger charge is 2.30. The van der Waals surface area contributed by atoms with Crippen LogP contribution in [0.25, 0.3) is 0 Å². The van der Waals surface area contributed by atoms with Gasteiger partial charge in [-0.25, -0.2) is 0 Å². The van der Waals surface area contributed by atoms with E-state index in [4.69, 9.17) is 5.26 Å². The van der Waals surface area contributed by atoms with E-state index in [1.54, 1.807) is 18.2 Å². The Labute approximate surface area is 114 Å². The second-order valence-corrected chi connectivity index (χ2v) is 5.87. The van der Waals surface area contributed by atoms with Gasteiger partial charge in [0.1, 0.15) is 6.54 Å². The molecule has 0 radical (unpaired) electrons. The Kier molecular flexibility index (Phi) is 5.10. The number of benzene rings is 1. The molecule has 0 atom stereocenters. The first-order valence-corrected chi connectivity index (χ1v) is 6.85. The zero-order valence-electron chi connectivity index (χ0n) is 10.5. The average Bonchev–Trinajstić information content (AvgIpc) is 2.36. The Hall–Kier alpha value is -1.63. The van der Waals surface area contributed by atoms with Crippen LogP contribution in [0, 0.1) is 11.3 Å². The lowest BCUT2D eigenvalue weighted by molar-refractivity contribution is -0.121. The van der Waals surface area contributed by atoms with Crippen LogP contribution in [0.5, 0.6) is 0 Å². The number of halogens is 3. The van der Waals surface area contributed by atoms with Gasteiger partial charge in [0.2, 0.25) is 0 Å². The molecule has 0 bridgehead atoms. The fourth-order valence-electron chi connectivity index (χ4n) is 1.36. The molecule has 0 aromatic heterocycles. The van der Waals surface area contributed by atoms with E-state index in [0.29, 0.717) is 11.1 Å². The number of rotatable bonds is 5. The molecule has 9 heteroatoms. The Morgan fingerprint density at radius 2 is 2.05 bits per heavy atom. The van der Waals surface area contributed by atoms with Gasteiger partial charge in [-0.2, -0.15) is 35.9 Å². The monoisotopic (exact) mass is 307 g/mol. The Balaban J connectivity index is 2.74. The smallest absolute Gasteiger partial charge is 0.195 e. The molecule has 0 fully saturated rings. The molecule has 0 saturated heterocycles. The molecular weight excluding hydrogens is 295 g/mol. The van der Waals surface area contributed by atoms with Crippen molar-refractivity contribution < 1.29 is 21.6 Å². The lowest BCUT2D eigenvalue weighted by atomic mass is 10.1. The van der Waals surface area contributed by atoms with Crippen molar-refractivity contribution in [2.75, 3.05) is 13.6 Å². The minimum absolute atomic E-state index is 0.136. The first-order valence-electron chi connectivity index (χ1n) is 5.41. The van der Waals surface area contributed by atoms with Crippen LogP contribution < -0.4 is 4.72 Å². The number of nitriles is 1. The quantitative estimate of drug-likeness (QED) is 0.893. The predicted octanol–water partition coefficient (Wildman–Crippen LogP) is 1.39. The van der Waals surface area contributed by atoms with Crippen LogP contribution in [0.15, 0.2) is 24.3 Å². The highest BCUT2D eigenvalue weighted by Crippen LogP contribution is 2.14. The maximum Gasteiger partial charge on any atom is 0.402 e. The SMILES string of the molecule is CN(Cc1cccc(C#N)c1)S(=O)(=O)NCC(F)(F)F. The minimum Gasteiger partial charge on any atom is -0.195 e. The molecule has 20 heavy (non-hydrogen) atoms. The number of hydrogen-bond acceptors (Lipinski definition) is 3. The van der Waals surface area contributed by atoms with Crippen molar-refractivity contribution in [2.24, 2.45) is 0 Å². The molecule has 1 rings (SSSR count). The Morgan fingerprint density at radius 3 is 2.60 bits per heavy atom. The fraction of sp³-hybridized carbons (Fsp3) is 0.364. The predicted molar refractivity (Wildman–Crippen MR) is 65.6 cm³/mol. The van der Waals surface area contributed by atoms with Gasteiger partial charge in [-0.05, 0) is 17.7 Å². The Morgan fingerprint density at radius 1 is 1.40 bits per heavy atom. The third kappa shape index (κ3) is 5.16. The third-order valence-electron chi connectivity index (χ3n) is 2.33. The van der Waals surface area contributed by atoms with Gasteiger partial charge in [-0.3, -0.25) is 0 Å². The molecule has 1 N–H and O–H groups in total. The van der Waals surface area contributed by atoms with Gasteiger partial charge in [0.25, 0.3) is 10.2 Å². The maximum absolute atomic E-state index is 12.0. The molecule has 0 unspecified atom stereocenters. The maximum atomic E-state index is 12.0. The molecule has 0 aliphatic carbocycles. The zero-order chi connectivity index (χ0) is 15.4. The van der Waals surface area contributed by atoms with Gasteiger partial charge >= 0.3 is 6.18 Å². The normalized spacial score (nSPS) is 12.4. The summed E-state index contributed by atoms with van der Waals surface area (Å²) in [6.07, 6.45) is -4.62. The van der Waals surface area contributed by atoms with E-state index in [1.807, 2.05) is 6.07 Å². The summed E-state index contributed by atoms with van der Waals surface area (Å²) in [7, 11) is -3.08. The van der Waals surface area contributed by atoms with Gasteiger partial charge in [-0.15, -0.1) is 0 Å². The van der Waals surface area contributed by atoms with E-state index in [1.165, 1.54) is 10.8 Å². The summed E-state index contributed by atoms with van der Waals surface area (Å²) in [5.74, 6) is 0. The second-order valence-electron chi connectivity index (χ2n) is 4.01. The molecule has 110 valence electrons. The lowest BCUT2D eigenvalue weighted by Crippen LogP contribution is -2.42. The molecule has 0 heterocycles. The van der Waals surface area contributed by atoms with Crippen molar-refractivity contribution in [1.29, 1.82) is 5.26 Å². The van der Waals surface area contributed by atoms with Crippen LogP contribution in [0.3, 0.4) is 0 Å². The topological polar surface area (TPSA) is 73.2 Å². The van der Waals surface area contributed by atoms with Crippen molar-refractivity contribution in [2.45, 2.75) is 12.7 Å². The lowest BCUT2D eigenvalue weighted by Gasteiger charge is -2.18. The van der Waals surface area contributed by atoms with Crippen molar-refractivity contribution >= 4 is 10.2 Å². The van der Waals surface area contributed by atoms with Crippen LogP contribution in [0.4, 0.5) is 13.2 Å². The number of hydrogen-bond donors (Lipinski definition) is 1. The van der Waals surface area contributed by atoms with E-state index < -0.39 is 22.9 Å². The molecule has 0 aliphatic heterocycles. The van der Waals surface area contributed by atoms with Crippen LogP contribution in [0.1, 0.15) is 11.1 Å². The molecule has 0 aliphatic rings. The van der Waals surface area contributed by atoms with Gasteiger partial charge in [0, 0.05) is 13.6 Å². The van der Waals surface area contributed by atoms with E-state index >= 15 is 0 Å². The van der Waals surface area contributed by atoms with Gasteiger partial charge in [0.05, 0.1) is 11.6 Å². The second kappa shape index (κ2) is 6.21. The summed E-state index contributed by atoms with van der Waals surface area (Å²) in [6, 6.07) is 8.05. The van der Waals surface area contributed by atoms with E-state index in [0.717, 1.165) is 11.4 Å². The third-order valence-corrected chi connectivity index (χ3v) is 3.79. The van der Waals surface area contributed by atoms with Crippen LogP contribution in [-0.4, -0.2) is 32.5 Å². The first kappa shape index (κ1) is 16.4. The van der Waals surface area contributed by atoms with Crippen molar-refractivity contribution in [3.05, 3.63) is 35.4 Å². The summed E-state index contributed by atoms with van der Waals surface area (Å²) in [5, 5.41) is 8.71. The molecule has 0 saturated carbocycles. The van der Waals surface area contributed by atoms with Crippen LogP contribution in [-0.2, 0) is 16.8 Å². The zero-order valence-corrected chi connectivity index (χ0v) is 11.3. The van der Waals surface area contributed by atoms with Gasteiger partial charge in [0.15, 0.2) is 0 Å². The molecule has 5 nitrogen and oxygen atoms in total. The number of nitrogens with one attached hydrogen (secondary N) is 1. The largest absolute Gasteiger partial charge is 0.402 e. The number of alkyl halides is 3. The van der Waals surface area contributed by atoms with Crippen LogP contribution >= 0.6 is 0 Å². The molecule has 0 spiro atoms. The summed E-state index contributed by atoms with van der Waals surface area (Å²) in [6.45, 7) is -1.76. The summed E-state index contributed by atoms with van der Waals surface area (Å²) in [5.41, 5.74) is 0.848. The standard InChI is InChI=1S/C11H12F3N3O2S/c1-17(20(18,19)16-8-11(12,13)14)7-10-4-2-3-9(5-10)6-15/h2-5,16H,7-8H2,1H3. The Bertz CT molecular complexity index is 608. The average molecular weight is 307 g/mol. The van der Waals surface area contributed by atoms with Gasteiger partial charge < -0.3 is 0 Å². The summed E-state index contributed by atoms with van der Waals surface area (Å²) < 4.78 is 61.4. The van der Waals surface area contributed by atoms with E-state index in [2.05, 4.69) is 0 Å². The van der Waals surface area contributed by atoms with Crippen LogP contribution in [0.2, 0.25) is 0 Å². The first-order chi connectivity index (χ1) is 9.14. The molecule has 1 aromatic carbocycles. The summed E-state index contributed by atoms with van der Waals surface area (Å²) >= 11 is 0. The van der Waals surface area contributed by atoms with E-state index in [-0.39, 0.29) is 6.54 Å².